The summed E-state index contributed by atoms with van der Waals surface area (Å²) in [6.07, 6.45) is 6.73. The molecule has 4 aliphatic rings. The van der Waals surface area contributed by atoms with Crippen molar-refractivity contribution in [2.75, 3.05) is 59.5 Å². The number of ketones is 2. The molecule has 3 amide bonds. The molecule has 2 aliphatic heterocycles. The van der Waals surface area contributed by atoms with Crippen molar-refractivity contribution in [3.05, 3.63) is 69.8 Å². The highest BCUT2D eigenvalue weighted by Gasteiger charge is 2.26. The Kier molecular flexibility index (Phi) is 12.1. The Hall–Kier alpha value is -4.38. The Labute approximate surface area is 282 Å². The lowest BCUT2D eigenvalue weighted by Gasteiger charge is -2.35. The van der Waals surface area contributed by atoms with E-state index < -0.39 is 0 Å². The van der Waals surface area contributed by atoms with Crippen LogP contribution in [-0.2, 0) is 27.2 Å². The Morgan fingerprint density at radius 3 is 1.65 bits per heavy atom. The van der Waals surface area contributed by atoms with E-state index in [0.29, 0.717) is 70.3 Å². The number of unbranched alkanes of at least 4 members (excludes halogenated alkanes) is 1. The first-order valence-electron chi connectivity index (χ1n) is 17.2. The van der Waals surface area contributed by atoms with Crippen LogP contribution in [0.4, 0.5) is 0 Å². The van der Waals surface area contributed by atoms with Gasteiger partial charge in [-0.05, 0) is 73.9 Å². The normalized spacial score (nSPS) is 17.5. The minimum Gasteiger partial charge on any atom is -0.469 e. The molecule has 2 aliphatic carbocycles. The summed E-state index contributed by atoms with van der Waals surface area (Å²) >= 11 is 0. The summed E-state index contributed by atoms with van der Waals surface area (Å²) in [5, 5.41) is 3.24. The first kappa shape index (κ1) is 34.9. The maximum atomic E-state index is 12.8. The first-order valence-corrected chi connectivity index (χ1v) is 17.2. The highest BCUT2D eigenvalue weighted by Crippen LogP contribution is 2.24. The molecule has 2 aromatic carbocycles. The van der Waals surface area contributed by atoms with Gasteiger partial charge in [0, 0.05) is 100 Å². The molecular formula is C37H46N4O7. The number of carbonyl (C=O) groups is 6. The Morgan fingerprint density at radius 2 is 1.12 bits per heavy atom. The summed E-state index contributed by atoms with van der Waals surface area (Å²) in [4.78, 5) is 77.8. The van der Waals surface area contributed by atoms with Crippen molar-refractivity contribution in [2.45, 2.75) is 64.2 Å². The number of hydrogen-bond donors (Lipinski definition) is 1. The number of fused-ring (bicyclic) bond motifs is 2. The van der Waals surface area contributed by atoms with Crippen LogP contribution in [0.15, 0.2) is 36.4 Å². The third kappa shape index (κ3) is 8.74. The number of Topliss-reactive ketones (excluding diaryl/α,β-unsaturated/α-hetero) is 2. The van der Waals surface area contributed by atoms with Gasteiger partial charge in [-0.25, -0.2) is 0 Å². The van der Waals surface area contributed by atoms with Crippen LogP contribution < -0.4 is 5.32 Å². The maximum absolute atomic E-state index is 12.8. The summed E-state index contributed by atoms with van der Waals surface area (Å²) in [6, 6.07) is 10.9. The molecule has 0 radical (unpaired) electrons. The van der Waals surface area contributed by atoms with E-state index in [0.717, 1.165) is 79.7 Å². The topological polar surface area (TPSA) is 133 Å². The van der Waals surface area contributed by atoms with Gasteiger partial charge in [-0.15, -0.1) is 0 Å². The monoisotopic (exact) mass is 658 g/mol. The maximum Gasteiger partial charge on any atom is 0.305 e. The molecule has 2 heterocycles. The van der Waals surface area contributed by atoms with Crippen molar-refractivity contribution in [3.63, 3.8) is 0 Å². The number of methoxy groups -OCH3 is 1. The molecule has 11 heteroatoms. The van der Waals surface area contributed by atoms with E-state index >= 15 is 0 Å². The van der Waals surface area contributed by atoms with Crippen molar-refractivity contribution in [1.29, 1.82) is 0 Å². The average Bonchev–Trinajstić information content (AvgIpc) is 3.13. The van der Waals surface area contributed by atoms with E-state index in [-0.39, 0.29) is 35.3 Å². The lowest BCUT2D eigenvalue weighted by atomic mass is 9.89. The summed E-state index contributed by atoms with van der Waals surface area (Å²) in [5.41, 5.74) is 4.89. The number of piperazine rings is 2. The molecule has 0 unspecified atom stereocenters. The highest BCUT2D eigenvalue weighted by atomic mass is 16.5. The fourth-order valence-corrected chi connectivity index (χ4v) is 6.76. The lowest BCUT2D eigenvalue weighted by molar-refractivity contribution is -0.141. The summed E-state index contributed by atoms with van der Waals surface area (Å²) in [7, 11) is 1.36. The van der Waals surface area contributed by atoms with Gasteiger partial charge in [0.25, 0.3) is 11.8 Å². The zero-order valence-electron chi connectivity index (χ0n) is 27.9. The van der Waals surface area contributed by atoms with Crippen molar-refractivity contribution < 1.29 is 33.5 Å². The molecule has 1 N–H and O–H groups in total. The van der Waals surface area contributed by atoms with E-state index in [4.69, 9.17) is 0 Å². The van der Waals surface area contributed by atoms with Gasteiger partial charge in [0.2, 0.25) is 5.91 Å². The Morgan fingerprint density at radius 1 is 0.646 bits per heavy atom. The van der Waals surface area contributed by atoms with E-state index in [2.05, 4.69) is 10.1 Å². The SMILES string of the molecule is COC(=O)CCCCC(=O)N1CCN(C(=O)c2ccc3c(c2)CCCC3=O)CC1.O=C1CCCc2cc(C(=O)N3CCNCC3)ccc21. The van der Waals surface area contributed by atoms with Gasteiger partial charge >= 0.3 is 5.97 Å². The molecule has 2 aromatic rings. The number of ether oxygens (including phenoxy) is 1. The van der Waals surface area contributed by atoms with Crippen molar-refractivity contribution in [1.82, 2.24) is 20.0 Å². The summed E-state index contributed by atoms with van der Waals surface area (Å²) in [5.74, 6) is 0.218. The zero-order valence-corrected chi connectivity index (χ0v) is 27.9. The molecule has 0 saturated carbocycles. The minimum absolute atomic E-state index is 0.0454. The van der Waals surface area contributed by atoms with Gasteiger partial charge in [-0.2, -0.15) is 0 Å². The molecule has 2 saturated heterocycles. The predicted molar refractivity (Wildman–Crippen MR) is 179 cm³/mol. The second kappa shape index (κ2) is 16.6. The zero-order chi connectivity index (χ0) is 34.0. The fraction of sp³-hybridized carbons (Fsp3) is 0.514. The van der Waals surface area contributed by atoms with E-state index in [1.807, 2.05) is 23.1 Å². The number of carbonyl (C=O) groups excluding carboxylic acids is 6. The number of rotatable bonds is 7. The number of nitrogens with one attached hydrogen (secondary N) is 1. The van der Waals surface area contributed by atoms with Crippen LogP contribution >= 0.6 is 0 Å². The van der Waals surface area contributed by atoms with E-state index in [9.17, 15) is 28.8 Å². The largest absolute Gasteiger partial charge is 0.469 e. The number of aryl methyl sites for hydroxylation is 2. The number of amides is 3. The van der Waals surface area contributed by atoms with Crippen LogP contribution in [0.2, 0.25) is 0 Å². The summed E-state index contributed by atoms with van der Waals surface area (Å²) in [6.45, 7) is 5.27. The molecule has 48 heavy (non-hydrogen) atoms. The quantitative estimate of drug-likeness (QED) is 0.353. The van der Waals surface area contributed by atoms with E-state index in [1.54, 1.807) is 28.0 Å². The van der Waals surface area contributed by atoms with Crippen LogP contribution in [0.3, 0.4) is 0 Å². The van der Waals surface area contributed by atoms with Crippen molar-refractivity contribution in [3.8, 4) is 0 Å². The third-order valence-electron chi connectivity index (χ3n) is 9.58. The van der Waals surface area contributed by atoms with Gasteiger partial charge in [-0.3, -0.25) is 28.8 Å². The van der Waals surface area contributed by atoms with Crippen molar-refractivity contribution in [2.24, 2.45) is 0 Å². The molecule has 6 rings (SSSR count). The second-order valence-corrected chi connectivity index (χ2v) is 12.8. The van der Waals surface area contributed by atoms with Gasteiger partial charge in [-0.1, -0.05) is 12.1 Å². The van der Waals surface area contributed by atoms with Gasteiger partial charge in [0.05, 0.1) is 7.11 Å². The average molecular weight is 659 g/mol. The van der Waals surface area contributed by atoms with Crippen LogP contribution in [-0.4, -0.2) is 109 Å². The molecular weight excluding hydrogens is 612 g/mol. The number of nitrogens with zero attached hydrogens (tertiary/aromatic N) is 3. The van der Waals surface area contributed by atoms with Crippen LogP contribution in [0.1, 0.15) is 104 Å². The second-order valence-electron chi connectivity index (χ2n) is 12.8. The standard InChI is InChI=1S/C22H28N2O5.C15H18N2O2/c1-29-21(27)8-3-2-7-20(26)23-11-13-24(14-12-23)22(28)17-9-10-18-16(15-17)5-4-6-19(18)25;18-14-3-1-2-11-10-12(4-5-13(11)14)15(19)17-8-6-16-7-9-17/h9-10,15H,2-8,11-14H2,1H3;4-5,10,16H,1-3,6-9H2. The number of benzene rings is 2. The van der Waals surface area contributed by atoms with Crippen LogP contribution in [0, 0.1) is 0 Å². The number of hydrogen-bond acceptors (Lipinski definition) is 8. The number of esters is 1. The fourth-order valence-electron chi connectivity index (χ4n) is 6.76. The third-order valence-corrected chi connectivity index (χ3v) is 9.58. The minimum atomic E-state index is -0.254. The molecule has 0 bridgehead atoms. The predicted octanol–water partition coefficient (Wildman–Crippen LogP) is 3.47. The molecule has 11 nitrogen and oxygen atoms in total. The van der Waals surface area contributed by atoms with Crippen LogP contribution in [0.5, 0.6) is 0 Å². The molecule has 0 atom stereocenters. The molecule has 2 fully saturated rings. The van der Waals surface area contributed by atoms with Gasteiger partial charge in [0.15, 0.2) is 11.6 Å². The van der Waals surface area contributed by atoms with Crippen molar-refractivity contribution >= 4 is 35.3 Å². The Bertz CT molecular complexity index is 1540. The smallest absolute Gasteiger partial charge is 0.305 e. The van der Waals surface area contributed by atoms with Crippen LogP contribution in [0.25, 0.3) is 0 Å². The van der Waals surface area contributed by atoms with Gasteiger partial charge in [0.1, 0.15) is 0 Å². The molecule has 256 valence electrons. The Balaban J connectivity index is 0.000000204. The molecule has 0 aromatic heterocycles. The molecule has 0 spiro atoms. The first-order chi connectivity index (χ1) is 23.2. The highest BCUT2D eigenvalue weighted by molar-refractivity contribution is 6.02. The van der Waals surface area contributed by atoms with Gasteiger partial charge < -0.3 is 24.8 Å². The summed E-state index contributed by atoms with van der Waals surface area (Å²) < 4.78 is 4.59. The lowest BCUT2D eigenvalue weighted by Crippen LogP contribution is -2.50. The van der Waals surface area contributed by atoms with E-state index in [1.165, 1.54) is 7.11 Å².